The van der Waals surface area contributed by atoms with E-state index in [1.54, 1.807) is 37.3 Å². The summed E-state index contributed by atoms with van der Waals surface area (Å²) < 4.78 is 33.7. The van der Waals surface area contributed by atoms with Gasteiger partial charge in [-0.1, -0.05) is 25.1 Å². The van der Waals surface area contributed by atoms with Crippen LogP contribution in [-0.4, -0.2) is 40.0 Å². The summed E-state index contributed by atoms with van der Waals surface area (Å²) in [5.74, 6) is -0.108. The van der Waals surface area contributed by atoms with Crippen molar-refractivity contribution in [1.82, 2.24) is 0 Å². The van der Waals surface area contributed by atoms with Gasteiger partial charge in [-0.05, 0) is 38.8 Å². The molecule has 5 nitrogen and oxygen atoms in total. The molecule has 6 heteroatoms. The molecule has 0 spiro atoms. The van der Waals surface area contributed by atoms with Gasteiger partial charge in [0, 0.05) is 19.6 Å². The maximum atomic E-state index is 11.8. The van der Waals surface area contributed by atoms with Crippen molar-refractivity contribution in [2.24, 2.45) is 5.92 Å². The summed E-state index contributed by atoms with van der Waals surface area (Å²) in [6.07, 6.45) is 1.00. The number of sulfone groups is 1. The second-order valence-corrected chi connectivity index (χ2v) is 7.11. The first kappa shape index (κ1) is 25.7. The second kappa shape index (κ2) is 16.0. The van der Waals surface area contributed by atoms with Crippen LogP contribution in [0.3, 0.4) is 0 Å². The molecule has 1 aromatic rings. The monoisotopic (exact) mass is 372 g/mol. The molecular weight excluding hydrogens is 340 g/mol. The Balaban J connectivity index is 0. The van der Waals surface area contributed by atoms with E-state index in [1.807, 2.05) is 20.8 Å². The maximum Gasteiger partial charge on any atom is 0.178 e. The molecule has 0 aliphatic carbocycles. The number of aldehydes is 1. The molecular formula is C19H32O5S. The van der Waals surface area contributed by atoms with Crippen LogP contribution < -0.4 is 0 Å². The van der Waals surface area contributed by atoms with Crippen LogP contribution in [0.2, 0.25) is 0 Å². The normalized spacial score (nSPS) is 11.6. The molecule has 25 heavy (non-hydrogen) atoms. The molecule has 0 radical (unpaired) electrons. The summed E-state index contributed by atoms with van der Waals surface area (Å²) in [5, 5.41) is 0. The highest BCUT2D eigenvalue weighted by Crippen LogP contribution is 2.14. The summed E-state index contributed by atoms with van der Waals surface area (Å²) in [6.45, 7) is 15.0. The average molecular weight is 373 g/mol. The van der Waals surface area contributed by atoms with E-state index in [-0.39, 0.29) is 24.4 Å². The van der Waals surface area contributed by atoms with Gasteiger partial charge in [0.15, 0.2) is 16.1 Å². The predicted molar refractivity (Wildman–Crippen MR) is 102 cm³/mol. The largest absolute Gasteiger partial charge is 0.353 e. The Morgan fingerprint density at radius 2 is 1.52 bits per heavy atom. The summed E-state index contributed by atoms with van der Waals surface area (Å²) >= 11 is 0. The SMILES string of the molecule is C=C.CC(CC=O)CS(=O)(=O)c1ccccc1.CCOC(C)OCC. The van der Waals surface area contributed by atoms with Gasteiger partial charge in [-0.3, -0.25) is 0 Å². The van der Waals surface area contributed by atoms with Crippen LogP contribution >= 0.6 is 0 Å². The molecule has 0 fully saturated rings. The van der Waals surface area contributed by atoms with Gasteiger partial charge in [-0.25, -0.2) is 8.42 Å². The maximum absolute atomic E-state index is 11.8. The molecule has 1 aromatic carbocycles. The first-order valence-electron chi connectivity index (χ1n) is 8.31. The number of ether oxygens (including phenoxy) is 2. The molecule has 1 rings (SSSR count). The molecule has 0 aliphatic heterocycles. The van der Waals surface area contributed by atoms with Crippen molar-refractivity contribution in [3.63, 3.8) is 0 Å². The third-order valence-corrected chi connectivity index (χ3v) is 4.91. The van der Waals surface area contributed by atoms with Crippen LogP contribution in [0.25, 0.3) is 0 Å². The van der Waals surface area contributed by atoms with Gasteiger partial charge in [0.05, 0.1) is 10.6 Å². The van der Waals surface area contributed by atoms with Crippen LogP contribution in [0, 0.1) is 5.92 Å². The molecule has 0 saturated carbocycles. The highest BCUT2D eigenvalue weighted by atomic mass is 32.2. The Morgan fingerprint density at radius 3 is 1.92 bits per heavy atom. The molecule has 144 valence electrons. The molecule has 0 aliphatic rings. The minimum atomic E-state index is -3.24. The smallest absolute Gasteiger partial charge is 0.178 e. The lowest BCUT2D eigenvalue weighted by Crippen LogP contribution is -2.14. The van der Waals surface area contributed by atoms with Crippen LogP contribution in [-0.2, 0) is 24.1 Å². The number of hydrogen-bond acceptors (Lipinski definition) is 5. The van der Waals surface area contributed by atoms with E-state index in [4.69, 9.17) is 9.47 Å². The fourth-order valence-electron chi connectivity index (χ4n) is 1.85. The third kappa shape index (κ3) is 13.5. The minimum absolute atomic E-state index is 0.0236. The van der Waals surface area contributed by atoms with Gasteiger partial charge < -0.3 is 14.3 Å². The van der Waals surface area contributed by atoms with E-state index in [1.165, 1.54) is 0 Å². The Labute approximate surface area is 153 Å². The van der Waals surface area contributed by atoms with Crippen LogP contribution in [0.15, 0.2) is 48.4 Å². The van der Waals surface area contributed by atoms with Gasteiger partial charge in [0.1, 0.15) is 6.29 Å². The Hall–Kier alpha value is -1.50. The van der Waals surface area contributed by atoms with Crippen molar-refractivity contribution in [2.45, 2.75) is 45.3 Å². The van der Waals surface area contributed by atoms with Crippen LogP contribution in [0.1, 0.15) is 34.1 Å². The molecule has 0 amide bonds. The predicted octanol–water partition coefficient (Wildman–Crippen LogP) is 3.89. The zero-order valence-electron chi connectivity index (χ0n) is 15.8. The van der Waals surface area contributed by atoms with Crippen molar-refractivity contribution < 1.29 is 22.7 Å². The molecule has 0 aromatic heterocycles. The van der Waals surface area contributed by atoms with Gasteiger partial charge >= 0.3 is 0 Å². The summed E-state index contributed by atoms with van der Waals surface area (Å²) in [5.41, 5.74) is 0. The Bertz CT molecular complexity index is 522. The van der Waals surface area contributed by atoms with Gasteiger partial charge in [0.25, 0.3) is 0 Å². The summed E-state index contributed by atoms with van der Waals surface area (Å²) in [6, 6.07) is 8.30. The quantitative estimate of drug-likeness (QED) is 0.374. The average Bonchev–Trinajstić information content (AvgIpc) is 2.58. The van der Waals surface area contributed by atoms with Gasteiger partial charge in [0.2, 0.25) is 0 Å². The van der Waals surface area contributed by atoms with Crippen LogP contribution in [0.4, 0.5) is 0 Å². The van der Waals surface area contributed by atoms with Gasteiger partial charge in [-0.2, -0.15) is 0 Å². The van der Waals surface area contributed by atoms with E-state index < -0.39 is 9.84 Å². The number of carbonyl (C=O) groups is 1. The molecule has 0 bridgehead atoms. The molecule has 0 saturated heterocycles. The van der Waals surface area contributed by atoms with E-state index in [0.29, 0.717) is 4.90 Å². The molecule has 1 atom stereocenters. The molecule has 0 heterocycles. The molecule has 0 N–H and O–H groups in total. The summed E-state index contributed by atoms with van der Waals surface area (Å²) in [4.78, 5) is 10.6. The van der Waals surface area contributed by atoms with E-state index in [9.17, 15) is 13.2 Å². The number of rotatable bonds is 9. The van der Waals surface area contributed by atoms with E-state index in [0.717, 1.165) is 19.5 Å². The van der Waals surface area contributed by atoms with E-state index in [2.05, 4.69) is 13.2 Å². The summed E-state index contributed by atoms with van der Waals surface area (Å²) in [7, 11) is -3.24. The fourth-order valence-corrected chi connectivity index (χ4v) is 3.50. The highest BCUT2D eigenvalue weighted by Gasteiger charge is 2.17. The van der Waals surface area contributed by atoms with Crippen molar-refractivity contribution in [3.8, 4) is 0 Å². The number of hydrogen-bond donors (Lipinski definition) is 0. The number of carbonyl (C=O) groups excluding carboxylic acids is 1. The van der Waals surface area contributed by atoms with Gasteiger partial charge in [-0.15, -0.1) is 13.2 Å². The lowest BCUT2D eigenvalue weighted by molar-refractivity contribution is -0.123. The molecule has 1 unspecified atom stereocenters. The van der Waals surface area contributed by atoms with Crippen molar-refractivity contribution in [3.05, 3.63) is 43.5 Å². The third-order valence-electron chi connectivity index (χ3n) is 2.91. The number of benzene rings is 1. The minimum Gasteiger partial charge on any atom is -0.353 e. The highest BCUT2D eigenvalue weighted by molar-refractivity contribution is 7.91. The van der Waals surface area contributed by atoms with Crippen molar-refractivity contribution in [2.75, 3.05) is 19.0 Å². The lowest BCUT2D eigenvalue weighted by Gasteiger charge is -2.09. The lowest BCUT2D eigenvalue weighted by atomic mass is 10.2. The van der Waals surface area contributed by atoms with E-state index >= 15 is 0 Å². The fraction of sp³-hybridized carbons (Fsp3) is 0.526. The zero-order valence-corrected chi connectivity index (χ0v) is 16.6. The zero-order chi connectivity index (χ0) is 19.7. The first-order chi connectivity index (χ1) is 11.9. The standard InChI is InChI=1S/C11H14O3S.C6H14O2.C2H4/c1-10(7-8-12)9-15(13,14)11-5-3-2-4-6-11;1-4-7-6(3)8-5-2;1-2/h2-6,8,10H,7,9H2,1H3;6H,4-5H2,1-3H3;1-2H2. The van der Waals surface area contributed by atoms with Crippen LogP contribution in [0.5, 0.6) is 0 Å². The second-order valence-electron chi connectivity index (χ2n) is 5.08. The van der Waals surface area contributed by atoms with Crippen molar-refractivity contribution >= 4 is 16.1 Å². The first-order valence-corrected chi connectivity index (χ1v) is 9.97. The topological polar surface area (TPSA) is 69.7 Å². The Kier molecular flexibility index (Phi) is 16.5. The van der Waals surface area contributed by atoms with Crippen molar-refractivity contribution in [1.29, 1.82) is 0 Å². The Morgan fingerprint density at radius 1 is 1.04 bits per heavy atom.